The van der Waals surface area contributed by atoms with Crippen LogP contribution in [0.15, 0.2) is 47.6 Å². The smallest absolute Gasteiger partial charge is 0.329 e. The van der Waals surface area contributed by atoms with Crippen LogP contribution < -0.4 is 0 Å². The molecule has 69 heavy (non-hydrogen) atoms. The highest BCUT2D eigenvalue weighted by molar-refractivity contribution is 7.57. The number of carbonyl (C=O) groups excluding carboxylic acids is 5. The van der Waals surface area contributed by atoms with Crippen LogP contribution >= 0.6 is 7.37 Å². The number of carbonyl (C=O) groups is 5. The van der Waals surface area contributed by atoms with Crippen molar-refractivity contribution in [3.8, 4) is 0 Å². The molecule has 3 heterocycles. The first kappa shape index (κ1) is 58.4. The molecular formula is C53H84NO14P. The van der Waals surface area contributed by atoms with Crippen LogP contribution in [0.4, 0.5) is 0 Å². The molecule has 4 rings (SSSR count). The number of ether oxygens (including phenoxy) is 5. The van der Waals surface area contributed by atoms with Crippen LogP contribution in [0.5, 0.6) is 0 Å². The fourth-order valence-electron chi connectivity index (χ4n) is 10.5. The summed E-state index contributed by atoms with van der Waals surface area (Å²) in [6.45, 7) is 15.9. The van der Waals surface area contributed by atoms with Gasteiger partial charge in [-0.1, -0.05) is 71.1 Å². The summed E-state index contributed by atoms with van der Waals surface area (Å²) in [5, 5.41) is 23.5. The van der Waals surface area contributed by atoms with Gasteiger partial charge >= 0.3 is 5.97 Å². The van der Waals surface area contributed by atoms with E-state index >= 15 is 0 Å². The van der Waals surface area contributed by atoms with Gasteiger partial charge in [-0.05, 0) is 107 Å². The molecular weight excluding hydrogens is 906 g/mol. The highest BCUT2D eigenvalue weighted by Gasteiger charge is 2.53. The van der Waals surface area contributed by atoms with Crippen LogP contribution in [0.1, 0.15) is 126 Å². The first-order valence-corrected chi connectivity index (χ1v) is 27.7. The minimum absolute atomic E-state index is 0.0117. The van der Waals surface area contributed by atoms with E-state index in [2.05, 4.69) is 0 Å². The molecule has 1 saturated carbocycles. The number of hydrogen-bond donors (Lipinski definition) is 2. The lowest BCUT2D eigenvalue weighted by Gasteiger charge is -2.42. The zero-order valence-electron chi connectivity index (χ0n) is 43.4. The Kier molecular flexibility index (Phi) is 22.5. The van der Waals surface area contributed by atoms with E-state index < -0.39 is 85.1 Å². The fourth-order valence-corrected chi connectivity index (χ4v) is 11.4. The van der Waals surface area contributed by atoms with Crippen molar-refractivity contribution in [2.75, 3.05) is 41.2 Å². The number of amides is 1. The van der Waals surface area contributed by atoms with E-state index in [-0.39, 0.29) is 60.9 Å². The van der Waals surface area contributed by atoms with Crippen molar-refractivity contribution < 1.29 is 67.0 Å². The van der Waals surface area contributed by atoms with Crippen molar-refractivity contribution >= 4 is 36.6 Å². The normalized spacial score (nSPS) is 39.0. The van der Waals surface area contributed by atoms with Crippen LogP contribution in [0.25, 0.3) is 0 Å². The molecule has 2 saturated heterocycles. The number of rotatable bonds is 8. The molecule has 0 aromatic carbocycles. The summed E-state index contributed by atoms with van der Waals surface area (Å²) in [4.78, 5) is 72.2. The molecule has 2 N–H and O–H groups in total. The maximum absolute atomic E-state index is 14.5. The van der Waals surface area contributed by atoms with E-state index in [4.69, 9.17) is 28.2 Å². The average Bonchev–Trinajstić information content (AvgIpc) is 3.30. The zero-order valence-corrected chi connectivity index (χ0v) is 44.3. The Morgan fingerprint density at radius 2 is 1.57 bits per heavy atom. The second-order valence-corrected chi connectivity index (χ2v) is 23.6. The van der Waals surface area contributed by atoms with Crippen molar-refractivity contribution in [2.45, 2.75) is 180 Å². The van der Waals surface area contributed by atoms with Gasteiger partial charge in [-0.15, -0.1) is 0 Å². The van der Waals surface area contributed by atoms with E-state index in [0.717, 1.165) is 12.0 Å². The molecule has 3 fully saturated rings. The minimum Gasteiger partial charge on any atom is -0.460 e. The van der Waals surface area contributed by atoms with Gasteiger partial charge in [0.05, 0.1) is 24.4 Å². The summed E-state index contributed by atoms with van der Waals surface area (Å²) in [6.07, 6.45) is 11.4. The number of aliphatic hydroxyl groups is 2. The summed E-state index contributed by atoms with van der Waals surface area (Å²) in [5.74, 6) is -8.11. The second-order valence-electron chi connectivity index (χ2n) is 20.9. The standard InChI is InChI=1S/C53H84NO14P/c1-32-18-14-13-15-19-33(2)44(63-8)30-40-23-21-38(7)53(61,67-40)50(58)51(59)54-25-17-16-20-41(54)52(60)66-45(35(4)28-39-22-24-43(46(29-39)64-9)68-69(11,12)62)31-42(55)34(3)27-37(6)48(57)49(65-10)47(56)36(5)26-32/h13-15,18-19,27,32,34-36,38-41,43-46,48-49,57,61H,16-17,20-26,28-31H2,1-12H3/b15-13-,18-14-,33-19-,37-27-/t32-,34-,35-,36-,38-,39+,40+,41+,43-,44+,45+,46-,48-,49+,53-/m1/s1. The predicted octanol–water partition coefficient (Wildman–Crippen LogP) is 7.74. The lowest BCUT2D eigenvalue weighted by Crippen LogP contribution is -2.61. The van der Waals surface area contributed by atoms with E-state index in [1.807, 2.05) is 58.1 Å². The van der Waals surface area contributed by atoms with Gasteiger partial charge in [0.1, 0.15) is 30.1 Å². The molecule has 390 valence electrons. The molecule has 0 aromatic rings. The van der Waals surface area contributed by atoms with Gasteiger partial charge in [0, 0.05) is 71.8 Å². The largest absolute Gasteiger partial charge is 0.460 e. The van der Waals surface area contributed by atoms with Crippen LogP contribution in [0.3, 0.4) is 0 Å². The number of nitrogens with zero attached hydrogens (tertiary/aromatic N) is 1. The third-order valence-electron chi connectivity index (χ3n) is 14.8. The van der Waals surface area contributed by atoms with Gasteiger partial charge in [0.2, 0.25) is 5.79 Å². The van der Waals surface area contributed by atoms with Crippen molar-refractivity contribution in [3.63, 3.8) is 0 Å². The molecule has 1 amide bonds. The fraction of sp³-hybridized carbons (Fsp3) is 0.755. The minimum atomic E-state index is -2.79. The number of esters is 1. The summed E-state index contributed by atoms with van der Waals surface area (Å²) in [7, 11) is 1.76. The average molecular weight is 990 g/mol. The Bertz CT molecular complexity index is 1940. The molecule has 15 atom stereocenters. The topological polar surface area (TPSA) is 201 Å². The highest BCUT2D eigenvalue weighted by Crippen LogP contribution is 2.45. The SMILES string of the molecule is CO[C@H]1C[C@@H]2CC[C@@H](C)[C@@](O)(O2)C(=O)C(=O)N2CCCC[C@H]2C(=O)O[C@H]([C@H](C)C[C@@H]2CC[C@@H](OP(C)(C)=O)[C@H](OC)C2)CC(=O)[C@H](C)/C=C(/C)[C@@H](O)[C@@H](OC)C(=O)[C@H](C)C[C@H](C)\C=C/C=C\C=C/1C. The van der Waals surface area contributed by atoms with Gasteiger partial charge in [-0.25, -0.2) is 4.79 Å². The van der Waals surface area contributed by atoms with Gasteiger partial charge < -0.3 is 43.3 Å². The molecule has 4 aliphatic rings. The molecule has 15 nitrogen and oxygen atoms in total. The van der Waals surface area contributed by atoms with E-state index in [9.17, 15) is 38.8 Å². The molecule has 2 bridgehead atoms. The Hall–Kier alpha value is -3.14. The molecule has 0 spiro atoms. The number of methoxy groups -OCH3 is 3. The summed E-state index contributed by atoms with van der Waals surface area (Å²) < 4.78 is 48.2. The molecule has 1 aliphatic carbocycles. The zero-order chi connectivity index (χ0) is 51.4. The second kappa shape index (κ2) is 26.5. The van der Waals surface area contributed by atoms with Gasteiger partial charge in [0.15, 0.2) is 13.2 Å². The Balaban J connectivity index is 1.70. The van der Waals surface area contributed by atoms with Crippen molar-refractivity contribution in [3.05, 3.63) is 47.6 Å². The van der Waals surface area contributed by atoms with Crippen LogP contribution in [0, 0.1) is 35.5 Å². The van der Waals surface area contributed by atoms with Crippen molar-refractivity contribution in [2.24, 2.45) is 35.5 Å². The number of cyclic esters (lactones) is 1. The summed E-state index contributed by atoms with van der Waals surface area (Å²) in [6, 6.07) is -1.16. The van der Waals surface area contributed by atoms with Gasteiger partial charge in [0.25, 0.3) is 11.7 Å². The maximum Gasteiger partial charge on any atom is 0.329 e. The van der Waals surface area contributed by atoms with Crippen LogP contribution in [-0.4, -0.2) is 140 Å². The molecule has 0 radical (unpaired) electrons. The molecule has 0 unspecified atom stereocenters. The quantitative estimate of drug-likeness (QED) is 0.104. The Labute approximate surface area is 411 Å². The van der Waals surface area contributed by atoms with Crippen molar-refractivity contribution in [1.29, 1.82) is 0 Å². The number of fused-ring (bicyclic) bond motifs is 3. The number of ketones is 3. The number of allylic oxidation sites excluding steroid dienone is 6. The first-order valence-electron chi connectivity index (χ1n) is 25.2. The van der Waals surface area contributed by atoms with E-state index in [1.165, 1.54) is 12.0 Å². The number of aliphatic hydroxyl groups excluding tert-OH is 1. The number of hydrogen-bond acceptors (Lipinski definition) is 14. The van der Waals surface area contributed by atoms with Crippen LogP contribution in [-0.2, 0) is 56.7 Å². The van der Waals surface area contributed by atoms with Crippen LogP contribution in [0.2, 0.25) is 0 Å². The monoisotopic (exact) mass is 990 g/mol. The van der Waals surface area contributed by atoms with Gasteiger partial charge in [-0.2, -0.15) is 0 Å². The van der Waals surface area contributed by atoms with E-state index in [1.54, 1.807) is 54.4 Å². The maximum atomic E-state index is 14.5. The Morgan fingerprint density at radius 3 is 2.22 bits per heavy atom. The Morgan fingerprint density at radius 1 is 0.855 bits per heavy atom. The predicted molar refractivity (Wildman–Crippen MR) is 263 cm³/mol. The highest BCUT2D eigenvalue weighted by atomic mass is 31.2. The lowest BCUT2D eigenvalue weighted by molar-refractivity contribution is -0.265. The summed E-state index contributed by atoms with van der Waals surface area (Å²) in [5.41, 5.74) is 1.25. The first-order chi connectivity index (χ1) is 32.4. The third kappa shape index (κ3) is 16.2. The molecule has 0 aromatic heterocycles. The summed E-state index contributed by atoms with van der Waals surface area (Å²) >= 11 is 0. The lowest BCUT2D eigenvalue weighted by atomic mass is 9.78. The molecule has 16 heteroatoms. The van der Waals surface area contributed by atoms with E-state index in [0.29, 0.717) is 63.4 Å². The number of piperidine rings is 1. The number of Topliss-reactive ketones (excluding diaryl/α,β-unsaturated/α-hetero) is 3. The third-order valence-corrected chi connectivity index (χ3v) is 15.6. The molecule has 3 aliphatic heterocycles. The van der Waals surface area contributed by atoms with Gasteiger partial charge in [-0.3, -0.25) is 23.7 Å². The van der Waals surface area contributed by atoms with Crippen molar-refractivity contribution in [1.82, 2.24) is 4.90 Å².